The number of nitrogens with one attached hydrogen (secondary N) is 1. The van der Waals surface area contributed by atoms with Crippen molar-refractivity contribution in [2.24, 2.45) is 5.41 Å². The zero-order valence-corrected chi connectivity index (χ0v) is 12.5. The van der Waals surface area contributed by atoms with Crippen molar-refractivity contribution in [1.29, 1.82) is 0 Å². The number of nitrogens with zero attached hydrogens (tertiary/aromatic N) is 2. The van der Waals surface area contributed by atoms with Crippen LogP contribution >= 0.6 is 0 Å². The summed E-state index contributed by atoms with van der Waals surface area (Å²) in [6, 6.07) is 1.49. The molecule has 0 bridgehead atoms. The molecule has 1 aliphatic carbocycles. The average molecular weight is 267 g/mol. The number of piperazine rings is 1. The van der Waals surface area contributed by atoms with Crippen LogP contribution in [-0.2, 0) is 4.74 Å². The lowest BCUT2D eigenvalue weighted by atomic mass is 9.86. The Labute approximate surface area is 117 Å². The molecule has 0 amide bonds. The monoisotopic (exact) mass is 267 g/mol. The third kappa shape index (κ3) is 3.48. The van der Waals surface area contributed by atoms with Crippen molar-refractivity contribution in [2.75, 3.05) is 53.0 Å². The first-order valence-electron chi connectivity index (χ1n) is 7.91. The van der Waals surface area contributed by atoms with Crippen LogP contribution in [0.25, 0.3) is 0 Å². The van der Waals surface area contributed by atoms with E-state index in [1.807, 2.05) is 0 Å². The van der Waals surface area contributed by atoms with Crippen LogP contribution in [0.5, 0.6) is 0 Å². The summed E-state index contributed by atoms with van der Waals surface area (Å²) >= 11 is 0. The van der Waals surface area contributed by atoms with Crippen molar-refractivity contribution in [3.8, 4) is 0 Å². The molecule has 2 aliphatic heterocycles. The fourth-order valence-corrected chi connectivity index (χ4v) is 3.36. The molecule has 2 unspecified atom stereocenters. The summed E-state index contributed by atoms with van der Waals surface area (Å²) in [6.07, 6.45) is 3.98. The molecule has 0 aromatic rings. The van der Waals surface area contributed by atoms with E-state index in [1.165, 1.54) is 45.4 Å². The Balaban J connectivity index is 1.54. The minimum Gasteiger partial charge on any atom is -0.381 e. The first kappa shape index (κ1) is 13.8. The Bertz CT molecular complexity index is 300. The van der Waals surface area contributed by atoms with Crippen LogP contribution in [0, 0.1) is 5.41 Å². The van der Waals surface area contributed by atoms with Gasteiger partial charge in [-0.05, 0) is 33.2 Å². The molecule has 0 spiro atoms. The summed E-state index contributed by atoms with van der Waals surface area (Å²) in [5.41, 5.74) is 0.373. The van der Waals surface area contributed by atoms with Gasteiger partial charge in [0.25, 0.3) is 0 Å². The molecule has 1 N–H and O–H groups in total. The number of hydrogen-bond acceptors (Lipinski definition) is 4. The van der Waals surface area contributed by atoms with Crippen LogP contribution in [-0.4, -0.2) is 74.9 Å². The molecule has 1 saturated carbocycles. The largest absolute Gasteiger partial charge is 0.381 e. The van der Waals surface area contributed by atoms with Gasteiger partial charge in [0.15, 0.2) is 0 Å². The molecule has 19 heavy (non-hydrogen) atoms. The predicted molar refractivity (Wildman–Crippen MR) is 77.4 cm³/mol. The third-order valence-corrected chi connectivity index (χ3v) is 5.13. The lowest BCUT2D eigenvalue weighted by Crippen LogP contribution is -2.54. The van der Waals surface area contributed by atoms with Crippen LogP contribution in [0.3, 0.4) is 0 Å². The predicted octanol–water partition coefficient (Wildman–Crippen LogP) is 0.781. The smallest absolute Gasteiger partial charge is 0.0547 e. The zero-order valence-electron chi connectivity index (χ0n) is 12.5. The molecular formula is C15H29N3O. The van der Waals surface area contributed by atoms with Gasteiger partial charge in [-0.2, -0.15) is 0 Å². The first-order chi connectivity index (χ1) is 9.17. The SMILES string of the molecule is CC1CN(CC2(CNC3CC3)CCOC2)CCN1C. The van der Waals surface area contributed by atoms with Gasteiger partial charge in [-0.15, -0.1) is 0 Å². The van der Waals surface area contributed by atoms with E-state index in [1.54, 1.807) is 0 Å². The molecule has 3 aliphatic rings. The highest BCUT2D eigenvalue weighted by Crippen LogP contribution is 2.31. The van der Waals surface area contributed by atoms with Crippen molar-refractivity contribution in [2.45, 2.75) is 38.3 Å². The van der Waals surface area contributed by atoms with Gasteiger partial charge >= 0.3 is 0 Å². The van der Waals surface area contributed by atoms with Crippen LogP contribution in [0.1, 0.15) is 26.2 Å². The van der Waals surface area contributed by atoms with Crippen molar-refractivity contribution >= 4 is 0 Å². The van der Waals surface area contributed by atoms with Gasteiger partial charge in [0.1, 0.15) is 0 Å². The highest BCUT2D eigenvalue weighted by molar-refractivity contribution is 4.93. The Morgan fingerprint density at radius 2 is 2.16 bits per heavy atom. The summed E-state index contributed by atoms with van der Waals surface area (Å²) in [6.45, 7) is 10.2. The van der Waals surface area contributed by atoms with Gasteiger partial charge in [0.05, 0.1) is 6.61 Å². The number of hydrogen-bond donors (Lipinski definition) is 1. The molecule has 3 fully saturated rings. The Kier molecular flexibility index (Phi) is 4.13. The molecule has 4 nitrogen and oxygen atoms in total. The standard InChI is InChI=1S/C15H29N3O/c1-13-9-18(7-6-17(13)2)11-15(5-8-19-12-15)10-16-14-3-4-14/h13-14,16H,3-12H2,1-2H3. The summed E-state index contributed by atoms with van der Waals surface area (Å²) < 4.78 is 5.73. The topological polar surface area (TPSA) is 27.7 Å². The maximum Gasteiger partial charge on any atom is 0.0547 e. The highest BCUT2D eigenvalue weighted by Gasteiger charge is 2.38. The van der Waals surface area contributed by atoms with Crippen LogP contribution in [0.15, 0.2) is 0 Å². The number of likely N-dealkylation sites (N-methyl/N-ethyl adjacent to an activating group) is 1. The summed E-state index contributed by atoms with van der Waals surface area (Å²) in [5.74, 6) is 0. The summed E-state index contributed by atoms with van der Waals surface area (Å²) in [5, 5.41) is 3.73. The Hall–Kier alpha value is -0.160. The fraction of sp³-hybridized carbons (Fsp3) is 1.00. The molecule has 3 rings (SSSR count). The van der Waals surface area contributed by atoms with E-state index in [-0.39, 0.29) is 0 Å². The van der Waals surface area contributed by atoms with Gasteiger partial charge in [0.2, 0.25) is 0 Å². The molecule has 2 saturated heterocycles. The Morgan fingerprint density at radius 1 is 1.32 bits per heavy atom. The molecule has 0 aromatic carbocycles. The van der Waals surface area contributed by atoms with E-state index in [9.17, 15) is 0 Å². The van der Waals surface area contributed by atoms with E-state index in [0.29, 0.717) is 11.5 Å². The molecule has 2 atom stereocenters. The second-order valence-corrected chi connectivity index (χ2v) is 7.02. The molecule has 2 heterocycles. The van der Waals surface area contributed by atoms with E-state index in [4.69, 9.17) is 4.74 Å². The van der Waals surface area contributed by atoms with E-state index < -0.39 is 0 Å². The molecule has 0 radical (unpaired) electrons. The molecule has 4 heteroatoms. The van der Waals surface area contributed by atoms with Crippen molar-refractivity contribution in [3.05, 3.63) is 0 Å². The minimum atomic E-state index is 0.373. The zero-order chi connectivity index (χ0) is 13.3. The normalized spacial score (nSPS) is 37.9. The van der Waals surface area contributed by atoms with Gasteiger partial charge in [0, 0.05) is 56.8 Å². The van der Waals surface area contributed by atoms with Gasteiger partial charge < -0.3 is 15.0 Å². The third-order valence-electron chi connectivity index (χ3n) is 5.13. The lowest BCUT2D eigenvalue weighted by molar-refractivity contribution is 0.0554. The van der Waals surface area contributed by atoms with Crippen LogP contribution in [0.2, 0.25) is 0 Å². The second-order valence-electron chi connectivity index (χ2n) is 7.02. The van der Waals surface area contributed by atoms with Gasteiger partial charge in [-0.1, -0.05) is 0 Å². The lowest BCUT2D eigenvalue weighted by Gasteiger charge is -2.42. The Morgan fingerprint density at radius 3 is 2.79 bits per heavy atom. The van der Waals surface area contributed by atoms with Crippen molar-refractivity contribution < 1.29 is 4.74 Å². The quantitative estimate of drug-likeness (QED) is 0.797. The van der Waals surface area contributed by atoms with Crippen molar-refractivity contribution in [1.82, 2.24) is 15.1 Å². The average Bonchev–Trinajstić information content (AvgIpc) is 3.12. The maximum absolute atomic E-state index is 5.73. The first-order valence-corrected chi connectivity index (χ1v) is 7.91. The summed E-state index contributed by atoms with van der Waals surface area (Å²) in [4.78, 5) is 5.13. The number of ether oxygens (including phenoxy) is 1. The van der Waals surface area contributed by atoms with Crippen LogP contribution < -0.4 is 5.32 Å². The molecule has 110 valence electrons. The highest BCUT2D eigenvalue weighted by atomic mass is 16.5. The van der Waals surface area contributed by atoms with Crippen LogP contribution in [0.4, 0.5) is 0 Å². The van der Waals surface area contributed by atoms with E-state index in [0.717, 1.165) is 25.8 Å². The van der Waals surface area contributed by atoms with Crippen molar-refractivity contribution in [3.63, 3.8) is 0 Å². The fourth-order valence-electron chi connectivity index (χ4n) is 3.36. The van der Waals surface area contributed by atoms with Gasteiger partial charge in [-0.25, -0.2) is 0 Å². The number of rotatable bonds is 5. The van der Waals surface area contributed by atoms with E-state index in [2.05, 4.69) is 29.1 Å². The summed E-state index contributed by atoms with van der Waals surface area (Å²) in [7, 11) is 2.24. The molecule has 0 aromatic heterocycles. The molecular weight excluding hydrogens is 238 g/mol. The van der Waals surface area contributed by atoms with Gasteiger partial charge in [-0.3, -0.25) is 4.90 Å². The van der Waals surface area contributed by atoms with E-state index >= 15 is 0 Å². The maximum atomic E-state index is 5.73. The second kappa shape index (κ2) is 5.68. The minimum absolute atomic E-state index is 0.373.